The van der Waals surface area contributed by atoms with Crippen LogP contribution in [0.2, 0.25) is 0 Å². The van der Waals surface area contributed by atoms with E-state index in [4.69, 9.17) is 9.47 Å². The summed E-state index contributed by atoms with van der Waals surface area (Å²) in [7, 11) is 0. The van der Waals surface area contributed by atoms with Gasteiger partial charge in [-0.25, -0.2) is 4.79 Å². The number of carboxylic acids is 1. The van der Waals surface area contributed by atoms with Crippen LogP contribution in [0.4, 0.5) is 0 Å². The zero-order valence-electron chi connectivity index (χ0n) is 21.3. The van der Waals surface area contributed by atoms with Crippen LogP contribution in [0.1, 0.15) is 39.2 Å². The summed E-state index contributed by atoms with van der Waals surface area (Å²) in [5.74, 6) is 1.84. The van der Waals surface area contributed by atoms with Crippen LogP contribution in [0.3, 0.4) is 0 Å². The Hall–Kier alpha value is -2.62. The van der Waals surface area contributed by atoms with Crippen LogP contribution in [0.25, 0.3) is 0 Å². The maximum absolute atomic E-state index is 12.3. The summed E-state index contributed by atoms with van der Waals surface area (Å²) in [5, 5.41) is 36.7. The SMILES string of the molecule is CCSCCCO[C@]1(C(=O)O)CC(C)[C@@H](NC(C)=O)[C@H]([C@H](O)[C@H](O)CNC(=O)C#Cc2ccccc2)O1. The van der Waals surface area contributed by atoms with Gasteiger partial charge in [-0.3, -0.25) is 9.59 Å². The van der Waals surface area contributed by atoms with Crippen LogP contribution in [0.5, 0.6) is 0 Å². The Labute approximate surface area is 221 Å². The Morgan fingerprint density at radius 1 is 1.27 bits per heavy atom. The van der Waals surface area contributed by atoms with E-state index in [-0.39, 0.29) is 19.6 Å². The van der Waals surface area contributed by atoms with E-state index >= 15 is 0 Å². The summed E-state index contributed by atoms with van der Waals surface area (Å²) >= 11 is 1.70. The van der Waals surface area contributed by atoms with E-state index in [9.17, 15) is 29.7 Å². The number of carboxylic acid groups (broad SMARTS) is 1. The molecule has 1 aromatic carbocycles. The van der Waals surface area contributed by atoms with Gasteiger partial charge in [0.25, 0.3) is 11.7 Å². The lowest BCUT2D eigenvalue weighted by Gasteiger charge is -2.47. The van der Waals surface area contributed by atoms with Crippen molar-refractivity contribution in [2.45, 2.75) is 63.8 Å². The molecule has 1 heterocycles. The van der Waals surface area contributed by atoms with Gasteiger partial charge in [0.05, 0.1) is 18.8 Å². The van der Waals surface area contributed by atoms with Crippen molar-refractivity contribution in [3.63, 3.8) is 0 Å². The predicted octanol–water partition coefficient (Wildman–Crippen LogP) is 0.747. The quantitative estimate of drug-likeness (QED) is 0.192. The third kappa shape index (κ3) is 9.32. The Balaban J connectivity index is 2.12. The van der Waals surface area contributed by atoms with Crippen LogP contribution in [-0.4, -0.2) is 87.9 Å². The second-order valence-corrected chi connectivity index (χ2v) is 10.2. The standard InChI is InChI=1S/C26H36N2O8S/c1-4-37-14-8-13-35-26(25(33)34)15-17(2)22(28-18(3)29)24(36-26)23(32)20(30)16-27-21(31)12-11-19-9-6-5-7-10-19/h5-7,9-10,17,20,22-24,30,32H,4,8,13-16H2,1-3H3,(H,27,31)(H,28,29)(H,33,34)/t17?,20-,22-,23-,24-,26-/m1/s1. The molecule has 37 heavy (non-hydrogen) atoms. The molecule has 1 fully saturated rings. The number of carbonyl (C=O) groups is 3. The van der Waals surface area contributed by atoms with Crippen LogP contribution < -0.4 is 10.6 Å². The number of thioether (sulfide) groups is 1. The monoisotopic (exact) mass is 536 g/mol. The number of ether oxygens (including phenoxy) is 2. The number of nitrogens with one attached hydrogen (secondary N) is 2. The molecule has 10 nitrogen and oxygen atoms in total. The number of rotatable bonds is 12. The molecule has 1 unspecified atom stereocenters. The van der Waals surface area contributed by atoms with Crippen molar-refractivity contribution in [3.05, 3.63) is 35.9 Å². The zero-order chi connectivity index (χ0) is 27.4. The van der Waals surface area contributed by atoms with Gasteiger partial charge in [0.15, 0.2) is 0 Å². The summed E-state index contributed by atoms with van der Waals surface area (Å²) < 4.78 is 11.5. The highest BCUT2D eigenvalue weighted by Gasteiger charge is 2.54. The van der Waals surface area contributed by atoms with Crippen molar-refractivity contribution in [1.29, 1.82) is 0 Å². The van der Waals surface area contributed by atoms with Gasteiger partial charge in [0, 0.05) is 31.4 Å². The normalized spacial score (nSPS) is 24.7. The van der Waals surface area contributed by atoms with E-state index in [1.807, 2.05) is 13.0 Å². The number of hydrogen-bond donors (Lipinski definition) is 5. The lowest BCUT2D eigenvalue weighted by Crippen LogP contribution is -2.66. The first-order valence-electron chi connectivity index (χ1n) is 12.2. The number of hydrogen-bond acceptors (Lipinski definition) is 8. The maximum Gasteiger partial charge on any atom is 0.364 e. The molecule has 0 aromatic heterocycles. The molecule has 0 radical (unpaired) electrons. The van der Waals surface area contributed by atoms with Gasteiger partial charge in [0.2, 0.25) is 5.91 Å². The lowest BCUT2D eigenvalue weighted by atomic mass is 9.83. The molecule has 0 aliphatic carbocycles. The van der Waals surface area contributed by atoms with Crippen LogP contribution in [-0.2, 0) is 23.9 Å². The van der Waals surface area contributed by atoms with E-state index < -0.39 is 53.8 Å². The van der Waals surface area contributed by atoms with Crippen LogP contribution in [0, 0.1) is 17.8 Å². The van der Waals surface area contributed by atoms with Crippen molar-refractivity contribution >= 4 is 29.5 Å². The van der Waals surface area contributed by atoms with E-state index in [0.29, 0.717) is 12.0 Å². The summed E-state index contributed by atoms with van der Waals surface area (Å²) in [6.45, 7) is 4.77. The summed E-state index contributed by atoms with van der Waals surface area (Å²) in [4.78, 5) is 36.2. The van der Waals surface area contributed by atoms with Crippen molar-refractivity contribution in [2.24, 2.45) is 5.92 Å². The Morgan fingerprint density at radius 2 is 1.97 bits per heavy atom. The van der Waals surface area contributed by atoms with E-state index in [2.05, 4.69) is 22.5 Å². The summed E-state index contributed by atoms with van der Waals surface area (Å²) in [6, 6.07) is 8.06. The first kappa shape index (κ1) is 30.6. The fourth-order valence-corrected chi connectivity index (χ4v) is 4.63. The molecule has 0 bridgehead atoms. The largest absolute Gasteiger partial charge is 0.477 e. The van der Waals surface area contributed by atoms with Gasteiger partial charge in [0.1, 0.15) is 12.2 Å². The molecule has 0 spiro atoms. The highest BCUT2D eigenvalue weighted by molar-refractivity contribution is 7.99. The Kier molecular flexibility index (Phi) is 12.4. The van der Waals surface area contributed by atoms with E-state index in [1.54, 1.807) is 43.0 Å². The second kappa shape index (κ2) is 15.0. The zero-order valence-corrected chi connectivity index (χ0v) is 22.1. The molecule has 2 amide bonds. The van der Waals surface area contributed by atoms with Gasteiger partial charge < -0.3 is 35.4 Å². The summed E-state index contributed by atoms with van der Waals surface area (Å²) in [6.07, 6.45) is -3.98. The predicted molar refractivity (Wildman–Crippen MR) is 139 cm³/mol. The van der Waals surface area contributed by atoms with Gasteiger partial charge in [-0.1, -0.05) is 38.0 Å². The van der Waals surface area contributed by atoms with Gasteiger partial charge in [-0.15, -0.1) is 0 Å². The van der Waals surface area contributed by atoms with Gasteiger partial charge in [-0.2, -0.15) is 11.8 Å². The number of carbonyl (C=O) groups excluding carboxylic acids is 2. The van der Waals surface area contributed by atoms with Gasteiger partial charge in [-0.05, 0) is 36.0 Å². The summed E-state index contributed by atoms with van der Waals surface area (Å²) in [5.41, 5.74) is 0.638. The molecule has 6 atom stereocenters. The van der Waals surface area contributed by atoms with Crippen molar-refractivity contribution in [3.8, 4) is 11.8 Å². The van der Waals surface area contributed by atoms with Crippen LogP contribution in [0.15, 0.2) is 30.3 Å². The Morgan fingerprint density at radius 3 is 2.59 bits per heavy atom. The van der Waals surface area contributed by atoms with Crippen molar-refractivity contribution in [2.75, 3.05) is 24.7 Å². The first-order valence-corrected chi connectivity index (χ1v) is 13.4. The minimum atomic E-state index is -2.05. The molecule has 11 heteroatoms. The van der Waals surface area contributed by atoms with Crippen molar-refractivity contribution < 1.29 is 39.2 Å². The molecule has 1 saturated heterocycles. The average molecular weight is 537 g/mol. The molecule has 1 aliphatic rings. The third-order valence-electron chi connectivity index (χ3n) is 5.85. The topological polar surface area (TPSA) is 154 Å². The maximum atomic E-state index is 12.3. The number of aliphatic carboxylic acids is 1. The fraction of sp³-hybridized carbons (Fsp3) is 0.577. The first-order chi connectivity index (χ1) is 17.6. The number of amides is 2. The molecular weight excluding hydrogens is 500 g/mol. The molecule has 1 aliphatic heterocycles. The van der Waals surface area contributed by atoms with E-state index in [0.717, 1.165) is 11.5 Å². The van der Waals surface area contributed by atoms with Gasteiger partial charge >= 0.3 is 5.97 Å². The number of aliphatic hydroxyl groups is 2. The van der Waals surface area contributed by atoms with Crippen LogP contribution >= 0.6 is 11.8 Å². The second-order valence-electron chi connectivity index (χ2n) is 8.83. The number of benzene rings is 1. The molecule has 5 N–H and O–H groups in total. The fourth-order valence-electron chi connectivity index (χ4n) is 4.02. The molecule has 204 valence electrons. The molecule has 1 aromatic rings. The average Bonchev–Trinajstić information content (AvgIpc) is 2.87. The molecule has 2 rings (SSSR count). The molecular formula is C26H36N2O8S. The highest BCUT2D eigenvalue weighted by Crippen LogP contribution is 2.36. The Bertz CT molecular complexity index is 966. The minimum absolute atomic E-state index is 0.0701. The van der Waals surface area contributed by atoms with Crippen molar-refractivity contribution in [1.82, 2.24) is 10.6 Å². The molecule has 0 saturated carbocycles. The highest BCUT2D eigenvalue weighted by atomic mass is 32.2. The third-order valence-corrected chi connectivity index (χ3v) is 6.83. The smallest absolute Gasteiger partial charge is 0.364 e. The van der Waals surface area contributed by atoms with E-state index in [1.165, 1.54) is 6.92 Å². The minimum Gasteiger partial charge on any atom is -0.477 e. The number of aliphatic hydroxyl groups excluding tert-OH is 2. The lowest BCUT2D eigenvalue weighted by molar-refractivity contribution is -0.304.